The molecule has 1 fully saturated rings. The lowest BCUT2D eigenvalue weighted by atomic mass is 9.96. The third-order valence-electron chi connectivity index (χ3n) is 3.43. The lowest BCUT2D eigenvalue weighted by molar-refractivity contribution is 0.0259. The minimum Gasteiger partial charge on any atom is -0.392 e. The molecule has 1 aliphatic heterocycles. The second kappa shape index (κ2) is 5.34. The number of halogens is 2. The smallest absolute Gasteiger partial charge is 0.142 e. The Kier molecular flexibility index (Phi) is 4.02. The maximum Gasteiger partial charge on any atom is 0.142 e. The van der Waals surface area contributed by atoms with Gasteiger partial charge in [0.1, 0.15) is 5.82 Å². The van der Waals surface area contributed by atoms with Gasteiger partial charge in [-0.1, -0.05) is 30.7 Å². The Hall–Kier alpha value is -0.640. The first-order valence-corrected chi connectivity index (χ1v) is 6.29. The molecule has 1 aromatic carbocycles. The van der Waals surface area contributed by atoms with E-state index in [1.807, 2.05) is 6.07 Å². The number of aliphatic hydroxyl groups is 1. The van der Waals surface area contributed by atoms with Crippen LogP contribution in [-0.4, -0.2) is 29.2 Å². The number of piperidine rings is 1. The van der Waals surface area contributed by atoms with Crippen LogP contribution in [0, 0.1) is 11.7 Å². The monoisotopic (exact) mass is 257 g/mol. The Bertz CT molecular complexity index is 399. The molecule has 2 unspecified atom stereocenters. The van der Waals surface area contributed by atoms with Gasteiger partial charge in [-0.05, 0) is 30.5 Å². The zero-order valence-corrected chi connectivity index (χ0v) is 10.6. The molecule has 2 nitrogen and oxygen atoms in total. The fourth-order valence-corrected chi connectivity index (χ4v) is 2.36. The molecule has 0 aliphatic carbocycles. The van der Waals surface area contributed by atoms with Gasteiger partial charge in [0.25, 0.3) is 0 Å². The fourth-order valence-electron chi connectivity index (χ4n) is 2.17. The van der Waals surface area contributed by atoms with Crippen molar-refractivity contribution in [3.63, 3.8) is 0 Å². The van der Waals surface area contributed by atoms with Crippen LogP contribution in [0.25, 0.3) is 0 Å². The molecule has 0 spiro atoms. The first-order chi connectivity index (χ1) is 8.08. The van der Waals surface area contributed by atoms with Crippen LogP contribution in [0.1, 0.15) is 18.9 Å². The van der Waals surface area contributed by atoms with Crippen LogP contribution in [0.2, 0.25) is 5.02 Å². The summed E-state index contributed by atoms with van der Waals surface area (Å²) < 4.78 is 13.3. The van der Waals surface area contributed by atoms with E-state index in [0.29, 0.717) is 19.0 Å². The number of rotatable bonds is 2. The van der Waals surface area contributed by atoms with Gasteiger partial charge in [-0.2, -0.15) is 0 Å². The SMILES string of the molecule is CC1CCN(Cc2cccc(F)c2Cl)CC1O. The van der Waals surface area contributed by atoms with Crippen LogP contribution in [-0.2, 0) is 6.54 Å². The van der Waals surface area contributed by atoms with Crippen molar-refractivity contribution in [3.8, 4) is 0 Å². The van der Waals surface area contributed by atoms with Gasteiger partial charge in [0.2, 0.25) is 0 Å². The van der Waals surface area contributed by atoms with Crippen molar-refractivity contribution in [3.05, 3.63) is 34.6 Å². The second-order valence-corrected chi connectivity index (χ2v) is 5.16. The molecule has 1 saturated heterocycles. The molecule has 0 amide bonds. The number of aliphatic hydroxyl groups excluding tert-OH is 1. The van der Waals surface area contributed by atoms with Crippen molar-refractivity contribution < 1.29 is 9.50 Å². The predicted octanol–water partition coefficient (Wildman–Crippen LogP) is 2.68. The Morgan fingerprint density at radius 1 is 1.53 bits per heavy atom. The minimum atomic E-state index is -0.380. The van der Waals surface area contributed by atoms with Gasteiger partial charge in [0, 0.05) is 13.1 Å². The highest BCUT2D eigenvalue weighted by molar-refractivity contribution is 6.31. The van der Waals surface area contributed by atoms with Gasteiger partial charge in [-0.15, -0.1) is 0 Å². The molecule has 1 N–H and O–H groups in total. The summed E-state index contributed by atoms with van der Waals surface area (Å²) in [6.45, 7) is 4.20. The molecule has 94 valence electrons. The quantitative estimate of drug-likeness (QED) is 0.881. The van der Waals surface area contributed by atoms with E-state index >= 15 is 0 Å². The van der Waals surface area contributed by atoms with Crippen molar-refractivity contribution in [2.75, 3.05) is 13.1 Å². The van der Waals surface area contributed by atoms with Crippen molar-refractivity contribution in [1.82, 2.24) is 4.90 Å². The molecule has 1 aromatic rings. The van der Waals surface area contributed by atoms with Gasteiger partial charge >= 0.3 is 0 Å². The molecular formula is C13H17ClFNO. The number of nitrogens with zero attached hydrogens (tertiary/aromatic N) is 1. The van der Waals surface area contributed by atoms with Gasteiger partial charge in [0.05, 0.1) is 11.1 Å². The molecule has 4 heteroatoms. The number of hydrogen-bond donors (Lipinski definition) is 1. The van der Waals surface area contributed by atoms with Gasteiger partial charge in [0.15, 0.2) is 0 Å². The molecule has 1 aliphatic rings. The van der Waals surface area contributed by atoms with Gasteiger partial charge < -0.3 is 5.11 Å². The summed E-state index contributed by atoms with van der Waals surface area (Å²) in [7, 11) is 0. The molecule has 0 aromatic heterocycles. The van der Waals surface area contributed by atoms with Crippen molar-refractivity contribution in [2.45, 2.75) is 26.0 Å². The Morgan fingerprint density at radius 2 is 2.29 bits per heavy atom. The van der Waals surface area contributed by atoms with Crippen LogP contribution in [0.4, 0.5) is 4.39 Å². The van der Waals surface area contributed by atoms with E-state index in [-0.39, 0.29) is 16.9 Å². The standard InChI is InChI=1S/C13H17ClFNO/c1-9-5-6-16(8-12(9)17)7-10-3-2-4-11(15)13(10)14/h2-4,9,12,17H,5-8H2,1H3. The van der Waals surface area contributed by atoms with E-state index in [0.717, 1.165) is 18.5 Å². The second-order valence-electron chi connectivity index (χ2n) is 4.78. The molecule has 0 saturated carbocycles. The normalized spacial score (nSPS) is 26.1. The van der Waals surface area contributed by atoms with E-state index < -0.39 is 0 Å². The van der Waals surface area contributed by atoms with Crippen LogP contribution >= 0.6 is 11.6 Å². The highest BCUT2D eigenvalue weighted by Crippen LogP contribution is 2.24. The molecule has 0 bridgehead atoms. The Labute approximate surface area is 106 Å². The third-order valence-corrected chi connectivity index (χ3v) is 3.85. The average molecular weight is 258 g/mol. The van der Waals surface area contributed by atoms with E-state index in [1.54, 1.807) is 6.07 Å². The lowest BCUT2D eigenvalue weighted by Crippen LogP contribution is -2.42. The van der Waals surface area contributed by atoms with E-state index in [1.165, 1.54) is 6.07 Å². The zero-order valence-electron chi connectivity index (χ0n) is 9.87. The van der Waals surface area contributed by atoms with Gasteiger partial charge in [-0.25, -0.2) is 4.39 Å². The summed E-state index contributed by atoms with van der Waals surface area (Å²) in [5.74, 6) is -0.0377. The topological polar surface area (TPSA) is 23.5 Å². The van der Waals surface area contributed by atoms with Crippen LogP contribution in [0.5, 0.6) is 0 Å². The number of likely N-dealkylation sites (tertiary alicyclic amines) is 1. The molecule has 1 heterocycles. The summed E-state index contributed by atoms with van der Waals surface area (Å²) in [4.78, 5) is 2.12. The highest BCUT2D eigenvalue weighted by atomic mass is 35.5. The maximum atomic E-state index is 13.3. The van der Waals surface area contributed by atoms with Crippen molar-refractivity contribution in [2.24, 2.45) is 5.92 Å². The number of hydrogen-bond acceptors (Lipinski definition) is 2. The molecule has 2 atom stereocenters. The maximum absolute atomic E-state index is 13.3. The molecule has 17 heavy (non-hydrogen) atoms. The summed E-state index contributed by atoms with van der Waals surface area (Å²) in [6, 6.07) is 4.86. The van der Waals surface area contributed by atoms with Gasteiger partial charge in [-0.3, -0.25) is 4.90 Å². The minimum absolute atomic E-state index is 0.195. The van der Waals surface area contributed by atoms with Crippen LogP contribution in [0.3, 0.4) is 0 Å². The summed E-state index contributed by atoms with van der Waals surface area (Å²) in [6.07, 6.45) is 0.671. The largest absolute Gasteiger partial charge is 0.392 e. The Morgan fingerprint density at radius 3 is 3.00 bits per heavy atom. The summed E-state index contributed by atoms with van der Waals surface area (Å²) in [5, 5.41) is 10.00. The zero-order chi connectivity index (χ0) is 12.4. The summed E-state index contributed by atoms with van der Waals surface area (Å²) >= 11 is 5.91. The van der Waals surface area contributed by atoms with Crippen molar-refractivity contribution >= 4 is 11.6 Å². The lowest BCUT2D eigenvalue weighted by Gasteiger charge is -2.34. The van der Waals surface area contributed by atoms with E-state index in [4.69, 9.17) is 11.6 Å². The average Bonchev–Trinajstić information content (AvgIpc) is 2.30. The number of β-amino-alcohol motifs (C(OH)–C–C–N with tert-alkyl or cyclic N) is 1. The first-order valence-electron chi connectivity index (χ1n) is 5.91. The molecular weight excluding hydrogens is 241 g/mol. The predicted molar refractivity (Wildman–Crippen MR) is 66.5 cm³/mol. The molecule has 2 rings (SSSR count). The first kappa shape index (κ1) is 12.8. The fraction of sp³-hybridized carbons (Fsp3) is 0.538. The molecule has 0 radical (unpaired) electrons. The summed E-state index contributed by atoms with van der Waals surface area (Å²) in [5.41, 5.74) is 0.786. The third kappa shape index (κ3) is 2.97. The van der Waals surface area contributed by atoms with Crippen LogP contribution < -0.4 is 0 Å². The highest BCUT2D eigenvalue weighted by Gasteiger charge is 2.24. The van der Waals surface area contributed by atoms with Crippen LogP contribution in [0.15, 0.2) is 18.2 Å². The van der Waals surface area contributed by atoms with Crippen molar-refractivity contribution in [1.29, 1.82) is 0 Å². The Balaban J connectivity index is 2.04. The number of benzene rings is 1. The van der Waals surface area contributed by atoms with E-state index in [2.05, 4.69) is 11.8 Å². The van der Waals surface area contributed by atoms with E-state index in [9.17, 15) is 9.50 Å².